The molecule has 8 heteroatoms. The summed E-state index contributed by atoms with van der Waals surface area (Å²) in [6.45, 7) is 6.36. The van der Waals surface area contributed by atoms with E-state index < -0.39 is 6.04 Å². The van der Waals surface area contributed by atoms with Crippen LogP contribution in [0.25, 0.3) is 10.2 Å². The van der Waals surface area contributed by atoms with Crippen LogP contribution in [0.15, 0.2) is 30.3 Å². The lowest BCUT2D eigenvalue weighted by Gasteiger charge is -2.12. The lowest BCUT2D eigenvalue weighted by atomic mass is 10.2. The number of nitrogens with zero attached hydrogens (tertiary/aromatic N) is 2. The zero-order valence-corrected chi connectivity index (χ0v) is 16.2. The number of thiophene rings is 1. The number of nitrogens with one attached hydrogen (secondary N) is 2. The Morgan fingerprint density at radius 3 is 2.67 bits per heavy atom. The second-order valence-electron chi connectivity index (χ2n) is 6.29. The van der Waals surface area contributed by atoms with Gasteiger partial charge in [0.15, 0.2) is 0 Å². The molecule has 0 fully saturated rings. The van der Waals surface area contributed by atoms with Gasteiger partial charge in [-0.05, 0) is 44.5 Å². The van der Waals surface area contributed by atoms with Crippen molar-refractivity contribution in [2.45, 2.75) is 33.4 Å². The number of likely N-dealkylation sites (N-methyl/N-ethyl adjacent to an activating group) is 1. The fraction of sp³-hybridized carbons (Fsp3) is 0.316. The molecule has 0 aliphatic rings. The van der Waals surface area contributed by atoms with Gasteiger partial charge < -0.3 is 10.6 Å². The van der Waals surface area contributed by atoms with Crippen LogP contribution in [0, 0.1) is 12.7 Å². The van der Waals surface area contributed by atoms with Crippen molar-refractivity contribution in [1.82, 2.24) is 20.4 Å². The molecular weight excluding hydrogens is 367 g/mol. The molecule has 1 unspecified atom stereocenters. The molecule has 2 aromatic heterocycles. The zero-order chi connectivity index (χ0) is 19.6. The number of benzene rings is 1. The summed E-state index contributed by atoms with van der Waals surface area (Å²) in [7, 11) is 0. The van der Waals surface area contributed by atoms with E-state index in [2.05, 4.69) is 15.7 Å². The summed E-state index contributed by atoms with van der Waals surface area (Å²) in [6, 6.07) is 7.45. The molecule has 6 nitrogen and oxygen atoms in total. The Labute approximate surface area is 160 Å². The maximum atomic E-state index is 13.1. The summed E-state index contributed by atoms with van der Waals surface area (Å²) in [5.41, 5.74) is 1.74. The maximum Gasteiger partial charge on any atom is 0.262 e. The van der Waals surface area contributed by atoms with E-state index in [-0.39, 0.29) is 17.6 Å². The number of rotatable bonds is 6. The molecule has 3 aromatic rings. The lowest BCUT2D eigenvalue weighted by molar-refractivity contribution is -0.122. The average molecular weight is 388 g/mol. The first kappa shape index (κ1) is 19.0. The summed E-state index contributed by atoms with van der Waals surface area (Å²) in [6.07, 6.45) is 0. The van der Waals surface area contributed by atoms with Crippen molar-refractivity contribution < 1.29 is 14.0 Å². The number of aryl methyl sites for hydroxylation is 1. The normalized spacial score (nSPS) is 12.1. The zero-order valence-electron chi connectivity index (χ0n) is 15.4. The number of carbonyl (C=O) groups excluding carboxylic acids is 2. The number of amides is 2. The Morgan fingerprint density at radius 2 is 2.00 bits per heavy atom. The van der Waals surface area contributed by atoms with Crippen LogP contribution in [0.3, 0.4) is 0 Å². The van der Waals surface area contributed by atoms with Crippen LogP contribution in [0.4, 0.5) is 4.39 Å². The molecule has 1 aromatic carbocycles. The maximum absolute atomic E-state index is 13.1. The Morgan fingerprint density at radius 1 is 1.30 bits per heavy atom. The summed E-state index contributed by atoms with van der Waals surface area (Å²) in [5.74, 6) is -0.787. The predicted molar refractivity (Wildman–Crippen MR) is 103 cm³/mol. The van der Waals surface area contributed by atoms with E-state index >= 15 is 0 Å². The fourth-order valence-corrected chi connectivity index (χ4v) is 3.82. The van der Waals surface area contributed by atoms with E-state index in [9.17, 15) is 14.0 Å². The monoisotopic (exact) mass is 388 g/mol. The first-order chi connectivity index (χ1) is 12.9. The van der Waals surface area contributed by atoms with Gasteiger partial charge in [-0.25, -0.2) is 4.39 Å². The topological polar surface area (TPSA) is 76.0 Å². The van der Waals surface area contributed by atoms with Crippen molar-refractivity contribution >= 4 is 33.4 Å². The van der Waals surface area contributed by atoms with Gasteiger partial charge in [0.25, 0.3) is 5.91 Å². The quantitative estimate of drug-likeness (QED) is 0.682. The van der Waals surface area contributed by atoms with Gasteiger partial charge in [0.05, 0.1) is 17.1 Å². The van der Waals surface area contributed by atoms with E-state index in [1.807, 2.05) is 18.5 Å². The van der Waals surface area contributed by atoms with Gasteiger partial charge >= 0.3 is 0 Å². The van der Waals surface area contributed by atoms with Crippen LogP contribution in [0.1, 0.15) is 34.8 Å². The first-order valence-electron chi connectivity index (χ1n) is 8.69. The molecule has 0 saturated heterocycles. The van der Waals surface area contributed by atoms with E-state index in [1.54, 1.807) is 25.1 Å². The number of carbonyl (C=O) groups is 2. The molecule has 142 valence electrons. The molecule has 0 saturated carbocycles. The summed E-state index contributed by atoms with van der Waals surface area (Å²) in [5, 5.41) is 10.8. The van der Waals surface area contributed by atoms with Gasteiger partial charge in [0.2, 0.25) is 5.91 Å². The number of fused-ring (bicyclic) bond motifs is 1. The van der Waals surface area contributed by atoms with E-state index in [1.165, 1.54) is 23.5 Å². The summed E-state index contributed by atoms with van der Waals surface area (Å²) < 4.78 is 14.9. The number of hydrogen-bond acceptors (Lipinski definition) is 4. The van der Waals surface area contributed by atoms with Crippen LogP contribution in [0.5, 0.6) is 0 Å². The molecule has 0 radical (unpaired) electrons. The van der Waals surface area contributed by atoms with E-state index in [0.717, 1.165) is 21.5 Å². The Bertz CT molecular complexity index is 978. The van der Waals surface area contributed by atoms with Gasteiger partial charge in [-0.1, -0.05) is 12.1 Å². The highest BCUT2D eigenvalue weighted by molar-refractivity contribution is 7.20. The van der Waals surface area contributed by atoms with Crippen molar-refractivity contribution in [3.05, 3.63) is 52.3 Å². The molecular formula is C19H21FN4O2S. The third kappa shape index (κ3) is 4.16. The molecule has 2 amide bonds. The lowest BCUT2D eigenvalue weighted by Crippen LogP contribution is -2.44. The van der Waals surface area contributed by atoms with Gasteiger partial charge in [0, 0.05) is 11.9 Å². The molecule has 27 heavy (non-hydrogen) atoms. The van der Waals surface area contributed by atoms with Crippen molar-refractivity contribution in [3.8, 4) is 0 Å². The van der Waals surface area contributed by atoms with Crippen molar-refractivity contribution in [3.63, 3.8) is 0 Å². The average Bonchev–Trinajstić information content (AvgIpc) is 3.19. The minimum atomic E-state index is -0.612. The molecule has 2 N–H and O–H groups in total. The fourth-order valence-electron chi connectivity index (χ4n) is 2.76. The second-order valence-corrected chi connectivity index (χ2v) is 7.32. The highest BCUT2D eigenvalue weighted by Gasteiger charge is 2.20. The first-order valence-corrected chi connectivity index (χ1v) is 9.50. The molecule has 0 spiro atoms. The van der Waals surface area contributed by atoms with Crippen molar-refractivity contribution in [2.75, 3.05) is 6.54 Å². The van der Waals surface area contributed by atoms with Crippen LogP contribution < -0.4 is 10.6 Å². The van der Waals surface area contributed by atoms with Gasteiger partial charge in [-0.3, -0.25) is 14.3 Å². The standard InChI is InChI=1S/C19H21FN4O2S/c1-4-21-17(25)12(3)22-18(26)16-9-15-11(2)23-24(19(15)27-16)10-13-5-7-14(20)8-6-13/h5-9,12H,4,10H2,1-3H3,(H,21,25)(H,22,26). The van der Waals surface area contributed by atoms with Crippen LogP contribution in [0.2, 0.25) is 0 Å². The van der Waals surface area contributed by atoms with Gasteiger partial charge in [0.1, 0.15) is 16.7 Å². The smallest absolute Gasteiger partial charge is 0.262 e. The highest BCUT2D eigenvalue weighted by atomic mass is 32.1. The molecule has 2 heterocycles. The Balaban J connectivity index is 1.81. The third-order valence-electron chi connectivity index (χ3n) is 4.17. The van der Waals surface area contributed by atoms with Crippen LogP contribution in [-0.4, -0.2) is 34.2 Å². The van der Waals surface area contributed by atoms with Crippen LogP contribution in [-0.2, 0) is 11.3 Å². The minimum Gasteiger partial charge on any atom is -0.355 e. The Kier molecular flexibility index (Phi) is 5.55. The minimum absolute atomic E-state index is 0.217. The summed E-state index contributed by atoms with van der Waals surface area (Å²) >= 11 is 1.32. The number of aromatic nitrogens is 2. The second kappa shape index (κ2) is 7.87. The highest BCUT2D eigenvalue weighted by Crippen LogP contribution is 2.29. The predicted octanol–water partition coefficient (Wildman–Crippen LogP) is 2.85. The molecule has 0 aliphatic carbocycles. The van der Waals surface area contributed by atoms with Crippen molar-refractivity contribution in [2.24, 2.45) is 0 Å². The Hall–Kier alpha value is -2.74. The van der Waals surface area contributed by atoms with Gasteiger partial charge in [-0.2, -0.15) is 5.10 Å². The largest absolute Gasteiger partial charge is 0.355 e. The number of hydrogen-bond donors (Lipinski definition) is 2. The SMILES string of the molecule is CCNC(=O)C(C)NC(=O)c1cc2c(C)nn(Cc3ccc(F)cc3)c2s1. The van der Waals surface area contributed by atoms with Gasteiger partial charge in [-0.15, -0.1) is 11.3 Å². The molecule has 1 atom stereocenters. The van der Waals surface area contributed by atoms with Crippen molar-refractivity contribution in [1.29, 1.82) is 0 Å². The number of halogens is 1. The molecule has 3 rings (SSSR count). The van der Waals surface area contributed by atoms with E-state index in [0.29, 0.717) is 18.0 Å². The molecule has 0 bridgehead atoms. The third-order valence-corrected chi connectivity index (χ3v) is 5.32. The summed E-state index contributed by atoms with van der Waals surface area (Å²) in [4.78, 5) is 25.7. The van der Waals surface area contributed by atoms with Crippen LogP contribution >= 0.6 is 11.3 Å². The van der Waals surface area contributed by atoms with E-state index in [4.69, 9.17) is 0 Å². The molecule has 0 aliphatic heterocycles.